The van der Waals surface area contributed by atoms with Gasteiger partial charge < -0.3 is 14.8 Å². The first kappa shape index (κ1) is 16.3. The molecule has 2 rings (SSSR count). The van der Waals surface area contributed by atoms with E-state index < -0.39 is 16.1 Å². The molecule has 0 bridgehead atoms. The van der Waals surface area contributed by atoms with Crippen LogP contribution in [0.1, 0.15) is 13.3 Å². The summed E-state index contributed by atoms with van der Waals surface area (Å²) in [6, 6.07) is 4.32. The number of sulfonamides is 1. The summed E-state index contributed by atoms with van der Waals surface area (Å²) in [6.07, 6.45) is 1.18. The van der Waals surface area contributed by atoms with E-state index in [0.717, 1.165) is 0 Å². The first-order valence-electron chi connectivity index (χ1n) is 6.78. The molecule has 7 nitrogen and oxygen atoms in total. The molecule has 1 amide bonds. The van der Waals surface area contributed by atoms with Crippen LogP contribution < -0.4 is 14.8 Å². The first-order valence-corrected chi connectivity index (χ1v) is 8.26. The number of carbonyl (C=O) groups is 1. The molecular weight excluding hydrogens is 308 g/mol. The number of fused-ring (bicyclic) bond motifs is 1. The van der Waals surface area contributed by atoms with Crippen LogP contribution in [0.2, 0.25) is 0 Å². The highest BCUT2D eigenvalue weighted by Gasteiger charge is 2.25. The summed E-state index contributed by atoms with van der Waals surface area (Å²) in [5, 5.41) is 2.65. The van der Waals surface area contributed by atoms with Crippen LogP contribution in [-0.4, -0.2) is 33.6 Å². The molecule has 0 fully saturated rings. The lowest BCUT2D eigenvalue weighted by atomic mass is 10.2. The fourth-order valence-corrected chi connectivity index (χ4v) is 2.97. The summed E-state index contributed by atoms with van der Waals surface area (Å²) in [4.78, 5) is 11.6. The van der Waals surface area contributed by atoms with Crippen LogP contribution in [0, 0.1) is 0 Å². The molecule has 1 aromatic carbocycles. The summed E-state index contributed by atoms with van der Waals surface area (Å²) in [6.45, 7) is 5.64. The van der Waals surface area contributed by atoms with Crippen molar-refractivity contribution < 1.29 is 22.7 Å². The minimum absolute atomic E-state index is 0.0826. The highest BCUT2D eigenvalue weighted by molar-refractivity contribution is 7.89. The van der Waals surface area contributed by atoms with E-state index in [1.54, 1.807) is 6.92 Å². The van der Waals surface area contributed by atoms with E-state index in [4.69, 9.17) is 9.47 Å². The van der Waals surface area contributed by atoms with Gasteiger partial charge in [-0.05, 0) is 25.5 Å². The molecule has 1 aliphatic rings. The van der Waals surface area contributed by atoms with Crippen molar-refractivity contribution in [2.24, 2.45) is 0 Å². The minimum atomic E-state index is -3.64. The fourth-order valence-electron chi connectivity index (χ4n) is 1.88. The summed E-state index contributed by atoms with van der Waals surface area (Å²) in [7, 11) is -3.64. The third-order valence-corrected chi connectivity index (χ3v) is 4.50. The summed E-state index contributed by atoms with van der Waals surface area (Å²) >= 11 is 0. The van der Waals surface area contributed by atoms with Crippen molar-refractivity contribution >= 4 is 21.6 Å². The number of ether oxygens (including phenoxy) is 2. The van der Waals surface area contributed by atoms with E-state index in [0.29, 0.717) is 24.5 Å². The molecule has 0 spiro atoms. The van der Waals surface area contributed by atoms with Gasteiger partial charge in [-0.25, -0.2) is 13.1 Å². The normalized spacial score (nSPS) is 17.1. The van der Waals surface area contributed by atoms with Crippen LogP contribution in [0.5, 0.6) is 5.75 Å². The third kappa shape index (κ3) is 3.77. The molecule has 1 heterocycles. The highest BCUT2D eigenvalue weighted by atomic mass is 32.2. The lowest BCUT2D eigenvalue weighted by Gasteiger charge is -2.23. The molecule has 0 saturated carbocycles. The monoisotopic (exact) mass is 326 g/mol. The summed E-state index contributed by atoms with van der Waals surface area (Å²) in [5.74, 6) is 0.0772. The Morgan fingerprint density at radius 1 is 1.50 bits per heavy atom. The van der Waals surface area contributed by atoms with Gasteiger partial charge in [-0.15, -0.1) is 0 Å². The second kappa shape index (κ2) is 6.80. The number of anilines is 1. The van der Waals surface area contributed by atoms with Crippen LogP contribution in [0.3, 0.4) is 0 Å². The van der Waals surface area contributed by atoms with Gasteiger partial charge in [0.15, 0.2) is 6.10 Å². The molecule has 1 aromatic rings. The van der Waals surface area contributed by atoms with Crippen LogP contribution >= 0.6 is 0 Å². The van der Waals surface area contributed by atoms with E-state index in [-0.39, 0.29) is 17.3 Å². The van der Waals surface area contributed by atoms with Gasteiger partial charge in [0.05, 0.1) is 23.5 Å². The Morgan fingerprint density at radius 2 is 2.27 bits per heavy atom. The smallest absolute Gasteiger partial charge is 0.265 e. The molecule has 0 radical (unpaired) electrons. The Morgan fingerprint density at radius 3 is 3.00 bits per heavy atom. The van der Waals surface area contributed by atoms with Crippen molar-refractivity contribution in [1.82, 2.24) is 4.72 Å². The fraction of sp³-hybridized carbons (Fsp3) is 0.357. The van der Waals surface area contributed by atoms with Crippen LogP contribution in [0.25, 0.3) is 0 Å². The zero-order valence-electron chi connectivity index (χ0n) is 12.2. The Labute approximate surface area is 129 Å². The molecule has 8 heteroatoms. The Balaban J connectivity index is 2.07. The van der Waals surface area contributed by atoms with E-state index in [1.165, 1.54) is 24.5 Å². The van der Waals surface area contributed by atoms with Crippen molar-refractivity contribution in [1.29, 1.82) is 0 Å². The van der Waals surface area contributed by atoms with E-state index in [9.17, 15) is 13.2 Å². The van der Waals surface area contributed by atoms with E-state index >= 15 is 0 Å². The molecule has 2 N–H and O–H groups in total. The third-order valence-electron chi connectivity index (χ3n) is 3.04. The maximum atomic E-state index is 12.2. The molecule has 0 saturated heterocycles. The number of nitrogens with one attached hydrogen (secondary N) is 2. The molecule has 0 aliphatic carbocycles. The zero-order chi connectivity index (χ0) is 16.2. The Hall–Kier alpha value is -2.06. The number of hydrogen-bond donors (Lipinski definition) is 2. The quantitative estimate of drug-likeness (QED) is 0.581. The topological polar surface area (TPSA) is 93.7 Å². The predicted molar refractivity (Wildman–Crippen MR) is 81.1 cm³/mol. The second-order valence-corrected chi connectivity index (χ2v) is 6.46. The SMILES string of the molecule is C=COCCCNS(=O)(=O)c1ccc2c(c1)O[C@@H](C)C(=O)N2. The van der Waals surface area contributed by atoms with Crippen LogP contribution in [0.4, 0.5) is 5.69 Å². The van der Waals surface area contributed by atoms with Gasteiger partial charge in [-0.2, -0.15) is 0 Å². The van der Waals surface area contributed by atoms with Crippen molar-refractivity contribution in [3.05, 3.63) is 31.0 Å². The number of amides is 1. The molecule has 1 atom stereocenters. The van der Waals surface area contributed by atoms with Gasteiger partial charge in [0.25, 0.3) is 5.91 Å². The van der Waals surface area contributed by atoms with Gasteiger partial charge >= 0.3 is 0 Å². The zero-order valence-corrected chi connectivity index (χ0v) is 13.0. The summed E-state index contributed by atoms with van der Waals surface area (Å²) in [5.41, 5.74) is 0.460. The van der Waals surface area contributed by atoms with E-state index in [2.05, 4.69) is 16.6 Å². The maximum absolute atomic E-state index is 12.2. The van der Waals surface area contributed by atoms with Gasteiger partial charge in [-0.1, -0.05) is 6.58 Å². The number of carbonyl (C=O) groups excluding carboxylic acids is 1. The Kier molecular flexibility index (Phi) is 5.04. The minimum Gasteiger partial charge on any atom is -0.502 e. The highest BCUT2D eigenvalue weighted by Crippen LogP contribution is 2.31. The molecule has 120 valence electrons. The van der Waals surface area contributed by atoms with E-state index in [1.807, 2.05) is 0 Å². The van der Waals surface area contributed by atoms with Gasteiger partial charge in [0, 0.05) is 12.6 Å². The average Bonchev–Trinajstić information content (AvgIpc) is 2.47. The van der Waals surface area contributed by atoms with Gasteiger partial charge in [-0.3, -0.25) is 4.79 Å². The molecule has 1 aliphatic heterocycles. The van der Waals surface area contributed by atoms with Gasteiger partial charge in [0.2, 0.25) is 10.0 Å². The molecular formula is C14H18N2O5S. The number of rotatable bonds is 7. The maximum Gasteiger partial charge on any atom is 0.265 e. The number of benzene rings is 1. The Bertz CT molecular complexity index is 672. The molecule has 22 heavy (non-hydrogen) atoms. The largest absolute Gasteiger partial charge is 0.502 e. The second-order valence-electron chi connectivity index (χ2n) is 4.70. The standard InChI is InChI=1S/C14H18N2O5S/c1-3-20-8-4-7-15-22(18,19)11-5-6-12-13(9-11)21-10(2)14(17)16-12/h3,5-6,9-10,15H,1,4,7-8H2,2H3,(H,16,17)/t10-/m0/s1. The summed E-state index contributed by atoms with van der Waals surface area (Å²) < 4.78 is 37.2. The molecule has 0 aromatic heterocycles. The van der Waals surface area contributed by atoms with Gasteiger partial charge in [0.1, 0.15) is 5.75 Å². The van der Waals surface area contributed by atoms with Crippen molar-refractivity contribution in [2.45, 2.75) is 24.3 Å². The lowest BCUT2D eigenvalue weighted by Crippen LogP contribution is -2.34. The number of hydrogen-bond acceptors (Lipinski definition) is 5. The van der Waals surface area contributed by atoms with Crippen molar-refractivity contribution in [2.75, 3.05) is 18.5 Å². The lowest BCUT2D eigenvalue weighted by molar-refractivity contribution is -0.122. The average molecular weight is 326 g/mol. The predicted octanol–water partition coefficient (Wildman–Crippen LogP) is 1.23. The van der Waals surface area contributed by atoms with Crippen LogP contribution in [0.15, 0.2) is 35.9 Å². The van der Waals surface area contributed by atoms with Crippen LogP contribution in [-0.2, 0) is 19.6 Å². The van der Waals surface area contributed by atoms with Crippen molar-refractivity contribution in [3.8, 4) is 5.75 Å². The molecule has 0 unspecified atom stereocenters. The first-order chi connectivity index (χ1) is 10.4. The van der Waals surface area contributed by atoms with Crippen molar-refractivity contribution in [3.63, 3.8) is 0 Å².